The summed E-state index contributed by atoms with van der Waals surface area (Å²) >= 11 is 0. The molecule has 2 aromatic rings. The van der Waals surface area contributed by atoms with E-state index in [1.54, 1.807) is 16.9 Å². The lowest BCUT2D eigenvalue weighted by Gasteiger charge is -2.34. The molecule has 0 aliphatic carbocycles. The Morgan fingerprint density at radius 2 is 2.19 bits per heavy atom. The van der Waals surface area contributed by atoms with Crippen molar-refractivity contribution >= 4 is 11.7 Å². The van der Waals surface area contributed by atoms with Gasteiger partial charge >= 0.3 is 5.69 Å². The van der Waals surface area contributed by atoms with Gasteiger partial charge in [-0.1, -0.05) is 0 Å². The number of amides is 1. The number of carbonyl (C=O) groups is 1. The monoisotopic (exact) mass is 360 g/mol. The number of nitrogens with zero attached hydrogens (tertiary/aromatic N) is 3. The minimum Gasteiger partial charge on any atom is -0.467 e. The van der Waals surface area contributed by atoms with Crippen molar-refractivity contribution < 1.29 is 9.21 Å². The van der Waals surface area contributed by atoms with Gasteiger partial charge in [-0.05, 0) is 31.9 Å². The number of carbonyl (C=O) groups excluding carboxylic acids is 1. The van der Waals surface area contributed by atoms with Gasteiger partial charge in [-0.3, -0.25) is 18.7 Å². The van der Waals surface area contributed by atoms with Crippen molar-refractivity contribution in [1.29, 1.82) is 0 Å². The summed E-state index contributed by atoms with van der Waals surface area (Å²) in [5.74, 6) is 1.06. The molecule has 1 aliphatic rings. The molecule has 1 N–H and O–H groups in total. The fourth-order valence-electron chi connectivity index (χ4n) is 3.35. The number of furan rings is 1. The van der Waals surface area contributed by atoms with Gasteiger partial charge in [0.15, 0.2) is 0 Å². The molecule has 1 saturated heterocycles. The van der Waals surface area contributed by atoms with E-state index in [1.807, 2.05) is 17.9 Å². The zero-order valence-electron chi connectivity index (χ0n) is 15.1. The summed E-state index contributed by atoms with van der Waals surface area (Å²) in [4.78, 5) is 38.9. The van der Waals surface area contributed by atoms with Crippen molar-refractivity contribution in [1.82, 2.24) is 14.5 Å². The van der Waals surface area contributed by atoms with Crippen LogP contribution in [0.1, 0.15) is 25.5 Å². The van der Waals surface area contributed by atoms with Crippen LogP contribution in [0, 0.1) is 5.92 Å². The number of hydrogen-bond acceptors (Lipinski definition) is 5. The van der Waals surface area contributed by atoms with E-state index >= 15 is 0 Å². The van der Waals surface area contributed by atoms with E-state index in [1.165, 1.54) is 13.1 Å². The summed E-state index contributed by atoms with van der Waals surface area (Å²) < 4.78 is 7.90. The standard InChI is InChI=1S/C18H24N4O4/c1-3-22-15(10-16(23)20(2)18(22)25)21-8-4-6-13(12-21)17(24)19-11-14-7-5-9-26-14/h5,7,9-10,13H,3-4,6,8,11-12H2,1-2H3,(H,19,24)/t13-/m1/s1. The highest BCUT2D eigenvalue weighted by molar-refractivity contribution is 5.79. The Balaban J connectivity index is 1.75. The zero-order valence-corrected chi connectivity index (χ0v) is 15.1. The van der Waals surface area contributed by atoms with Crippen LogP contribution >= 0.6 is 0 Å². The number of hydrogen-bond donors (Lipinski definition) is 1. The Bertz CT molecular complexity index is 882. The molecular weight excluding hydrogens is 336 g/mol. The molecule has 1 amide bonds. The first-order valence-corrected chi connectivity index (χ1v) is 8.87. The maximum Gasteiger partial charge on any atom is 0.332 e. The Kier molecular flexibility index (Phi) is 5.29. The van der Waals surface area contributed by atoms with Crippen LogP contribution in [-0.2, 0) is 24.9 Å². The summed E-state index contributed by atoms with van der Waals surface area (Å²) in [5.41, 5.74) is -0.668. The minimum absolute atomic E-state index is 0.0414. The number of rotatable bonds is 5. The van der Waals surface area contributed by atoms with Crippen molar-refractivity contribution in [3.8, 4) is 0 Å². The van der Waals surface area contributed by atoms with E-state index in [0.29, 0.717) is 37.8 Å². The van der Waals surface area contributed by atoms with E-state index in [-0.39, 0.29) is 23.1 Å². The molecule has 3 heterocycles. The molecular formula is C18H24N4O4. The van der Waals surface area contributed by atoms with Crippen LogP contribution in [0.2, 0.25) is 0 Å². The van der Waals surface area contributed by atoms with Gasteiger partial charge in [0.1, 0.15) is 11.6 Å². The molecule has 2 aromatic heterocycles. The van der Waals surface area contributed by atoms with Crippen LogP contribution < -0.4 is 21.5 Å². The van der Waals surface area contributed by atoms with E-state index in [2.05, 4.69) is 5.32 Å². The summed E-state index contributed by atoms with van der Waals surface area (Å²) in [5, 5.41) is 2.89. The largest absolute Gasteiger partial charge is 0.467 e. The summed E-state index contributed by atoms with van der Waals surface area (Å²) in [6, 6.07) is 5.07. The van der Waals surface area contributed by atoms with Gasteiger partial charge in [-0.2, -0.15) is 0 Å². The number of anilines is 1. The van der Waals surface area contributed by atoms with Crippen LogP contribution in [0.15, 0.2) is 38.5 Å². The van der Waals surface area contributed by atoms with Crippen molar-refractivity contribution in [3.05, 3.63) is 51.1 Å². The smallest absolute Gasteiger partial charge is 0.332 e. The first-order valence-electron chi connectivity index (χ1n) is 8.87. The number of piperidine rings is 1. The molecule has 0 saturated carbocycles. The highest BCUT2D eigenvalue weighted by atomic mass is 16.3. The van der Waals surface area contributed by atoms with E-state index in [0.717, 1.165) is 17.4 Å². The van der Waals surface area contributed by atoms with E-state index in [4.69, 9.17) is 4.42 Å². The van der Waals surface area contributed by atoms with Gasteiger partial charge in [0.25, 0.3) is 5.56 Å². The SMILES string of the molecule is CCn1c(N2CCC[C@@H](C(=O)NCc3ccco3)C2)cc(=O)n(C)c1=O. The Hall–Kier alpha value is -2.77. The molecule has 0 unspecified atom stereocenters. The predicted octanol–water partition coefficient (Wildman–Crippen LogP) is 0.693. The van der Waals surface area contributed by atoms with Crippen molar-refractivity contribution in [2.45, 2.75) is 32.9 Å². The van der Waals surface area contributed by atoms with Gasteiger partial charge in [-0.25, -0.2) is 4.79 Å². The molecule has 0 radical (unpaired) electrons. The van der Waals surface area contributed by atoms with E-state index < -0.39 is 0 Å². The van der Waals surface area contributed by atoms with Crippen LogP contribution in [0.4, 0.5) is 5.82 Å². The average Bonchev–Trinajstić information content (AvgIpc) is 3.17. The molecule has 1 fully saturated rings. The minimum atomic E-state index is -0.334. The van der Waals surface area contributed by atoms with Gasteiger partial charge in [0.2, 0.25) is 5.91 Å². The van der Waals surface area contributed by atoms with Crippen LogP contribution in [-0.4, -0.2) is 28.1 Å². The highest BCUT2D eigenvalue weighted by Crippen LogP contribution is 2.22. The molecule has 0 spiro atoms. The maximum absolute atomic E-state index is 12.5. The molecule has 8 nitrogen and oxygen atoms in total. The van der Waals surface area contributed by atoms with Gasteiger partial charge < -0.3 is 14.6 Å². The Morgan fingerprint density at radius 3 is 2.88 bits per heavy atom. The van der Waals surface area contributed by atoms with Gasteiger partial charge in [0, 0.05) is 32.7 Å². The van der Waals surface area contributed by atoms with Crippen LogP contribution in [0.25, 0.3) is 0 Å². The molecule has 0 aromatic carbocycles. The molecule has 140 valence electrons. The van der Waals surface area contributed by atoms with Crippen molar-refractivity contribution in [3.63, 3.8) is 0 Å². The molecule has 0 bridgehead atoms. The van der Waals surface area contributed by atoms with E-state index in [9.17, 15) is 14.4 Å². The van der Waals surface area contributed by atoms with Crippen molar-refractivity contribution in [2.24, 2.45) is 13.0 Å². The van der Waals surface area contributed by atoms with Crippen molar-refractivity contribution in [2.75, 3.05) is 18.0 Å². The summed E-state index contributed by atoms with van der Waals surface area (Å²) in [6.45, 7) is 3.89. The average molecular weight is 360 g/mol. The second-order valence-electron chi connectivity index (χ2n) is 6.51. The molecule has 26 heavy (non-hydrogen) atoms. The maximum atomic E-state index is 12.5. The first kappa shape index (κ1) is 18.0. The third kappa shape index (κ3) is 3.58. The third-order valence-corrected chi connectivity index (χ3v) is 4.83. The fourth-order valence-corrected chi connectivity index (χ4v) is 3.35. The fraction of sp³-hybridized carbons (Fsp3) is 0.500. The van der Waals surface area contributed by atoms with Gasteiger partial charge in [-0.15, -0.1) is 0 Å². The Labute approximate surface area is 151 Å². The summed E-state index contributed by atoms with van der Waals surface area (Å²) in [7, 11) is 1.47. The lowest BCUT2D eigenvalue weighted by molar-refractivity contribution is -0.125. The third-order valence-electron chi connectivity index (χ3n) is 4.83. The molecule has 8 heteroatoms. The van der Waals surface area contributed by atoms with Gasteiger partial charge in [0.05, 0.1) is 18.7 Å². The van der Waals surface area contributed by atoms with Crippen LogP contribution in [0.3, 0.4) is 0 Å². The molecule has 1 atom stereocenters. The molecule has 3 rings (SSSR count). The summed E-state index contributed by atoms with van der Waals surface area (Å²) in [6.07, 6.45) is 3.18. The Morgan fingerprint density at radius 1 is 1.38 bits per heavy atom. The topological polar surface area (TPSA) is 89.5 Å². The second-order valence-corrected chi connectivity index (χ2v) is 6.51. The predicted molar refractivity (Wildman–Crippen MR) is 97.1 cm³/mol. The lowest BCUT2D eigenvalue weighted by atomic mass is 9.97. The second kappa shape index (κ2) is 7.63. The first-order chi connectivity index (χ1) is 12.5. The zero-order chi connectivity index (χ0) is 18.7. The number of aromatic nitrogens is 2. The quantitative estimate of drug-likeness (QED) is 0.847. The molecule has 1 aliphatic heterocycles. The highest BCUT2D eigenvalue weighted by Gasteiger charge is 2.27. The number of nitrogens with one attached hydrogen (secondary N) is 1. The van der Waals surface area contributed by atoms with Crippen LogP contribution in [0.5, 0.6) is 0 Å². The lowest BCUT2D eigenvalue weighted by Crippen LogP contribution is -2.47. The normalized spacial score (nSPS) is 17.3.